The van der Waals surface area contributed by atoms with Crippen LogP contribution in [-0.2, 0) is 4.79 Å². The quantitative estimate of drug-likeness (QED) is 0.327. The summed E-state index contributed by atoms with van der Waals surface area (Å²) in [5.41, 5.74) is 4.20. The number of H-pyrrole nitrogens is 2. The third-order valence-corrected chi connectivity index (χ3v) is 5.84. The molecule has 0 bridgehead atoms. The van der Waals surface area contributed by atoms with Gasteiger partial charge in [0.2, 0.25) is 0 Å². The Morgan fingerprint density at radius 2 is 1.81 bits per heavy atom. The minimum atomic E-state index is -5.08. The Hall–Kier alpha value is -4.22. The lowest BCUT2D eigenvalue weighted by Gasteiger charge is -2.28. The number of carbonyl (C=O) groups excluding carboxylic acids is 1. The standard InChI is InChI=1S/C22H22N6O.C2HF3O2/c29-22(20-13-19(27-28-20)14-8-10-23-11-9-14)24-16-5-3-4-15(12-16)21-25-17-6-1-2-7-18(17)26-21;3-2(4,5)1(6)7/h1-2,6-11,13,15-16H,3-5,12H2,(H,24,29)(H,25,26)(H,27,28);(H,6,7). The van der Waals surface area contributed by atoms with Crippen LogP contribution in [0.5, 0.6) is 0 Å². The number of alkyl halides is 3. The molecule has 0 saturated heterocycles. The Labute approximate surface area is 203 Å². The molecule has 2 atom stereocenters. The van der Waals surface area contributed by atoms with Gasteiger partial charge in [-0.15, -0.1) is 0 Å². The first-order chi connectivity index (χ1) is 17.2. The Morgan fingerprint density at radius 1 is 1.08 bits per heavy atom. The molecule has 4 N–H and O–H groups in total. The molecule has 2 unspecified atom stereocenters. The van der Waals surface area contributed by atoms with Crippen molar-refractivity contribution in [3.63, 3.8) is 0 Å². The maximum atomic E-state index is 12.7. The maximum absolute atomic E-state index is 12.7. The summed E-state index contributed by atoms with van der Waals surface area (Å²) >= 11 is 0. The van der Waals surface area contributed by atoms with Crippen LogP contribution < -0.4 is 5.32 Å². The van der Waals surface area contributed by atoms with Gasteiger partial charge >= 0.3 is 12.1 Å². The third kappa shape index (κ3) is 6.06. The van der Waals surface area contributed by atoms with Crippen molar-refractivity contribution in [2.75, 3.05) is 0 Å². The zero-order chi connectivity index (χ0) is 25.7. The van der Waals surface area contributed by atoms with Crippen LogP contribution >= 0.6 is 0 Å². The molecule has 3 aromatic heterocycles. The normalized spacial score (nSPS) is 17.8. The molecule has 4 aromatic rings. The van der Waals surface area contributed by atoms with Crippen LogP contribution in [0.25, 0.3) is 22.3 Å². The van der Waals surface area contributed by atoms with E-state index in [2.05, 4.69) is 25.5 Å². The lowest BCUT2D eigenvalue weighted by atomic mass is 9.85. The number of carboxylic acid groups (broad SMARTS) is 1. The Kier molecular flexibility index (Phi) is 7.32. The first kappa shape index (κ1) is 24.9. The van der Waals surface area contributed by atoms with Crippen LogP contribution in [0.3, 0.4) is 0 Å². The number of hydrogen-bond donors (Lipinski definition) is 4. The van der Waals surface area contributed by atoms with Crippen molar-refractivity contribution >= 4 is 22.9 Å². The highest BCUT2D eigenvalue weighted by molar-refractivity contribution is 5.93. The topological polar surface area (TPSA) is 137 Å². The first-order valence-electron chi connectivity index (χ1n) is 11.2. The van der Waals surface area contributed by atoms with Gasteiger partial charge < -0.3 is 15.4 Å². The van der Waals surface area contributed by atoms with E-state index in [0.717, 1.165) is 53.8 Å². The summed E-state index contributed by atoms with van der Waals surface area (Å²) in [6.45, 7) is 0. The number of carboxylic acids is 1. The van der Waals surface area contributed by atoms with Gasteiger partial charge in [0.15, 0.2) is 0 Å². The number of hydrogen-bond acceptors (Lipinski definition) is 5. The van der Waals surface area contributed by atoms with Gasteiger partial charge in [0.05, 0.1) is 16.7 Å². The van der Waals surface area contributed by atoms with E-state index in [1.165, 1.54) is 0 Å². The van der Waals surface area contributed by atoms with E-state index in [1.807, 2.05) is 36.4 Å². The molecule has 1 amide bonds. The molecule has 1 aliphatic carbocycles. The predicted octanol–water partition coefficient (Wildman–Crippen LogP) is 4.44. The first-order valence-corrected chi connectivity index (χ1v) is 11.2. The highest BCUT2D eigenvalue weighted by atomic mass is 19.4. The number of nitrogens with zero attached hydrogens (tertiary/aromatic N) is 3. The molecular formula is C24H23F3N6O3. The molecule has 188 valence electrons. The monoisotopic (exact) mass is 500 g/mol. The van der Waals surface area contributed by atoms with Crippen molar-refractivity contribution in [3.8, 4) is 11.3 Å². The number of aliphatic carboxylic acids is 1. The summed E-state index contributed by atoms with van der Waals surface area (Å²) < 4.78 is 31.7. The Morgan fingerprint density at radius 3 is 2.50 bits per heavy atom. The molecule has 1 aliphatic rings. The second-order valence-electron chi connectivity index (χ2n) is 8.38. The van der Waals surface area contributed by atoms with E-state index in [-0.39, 0.29) is 11.9 Å². The number of amides is 1. The van der Waals surface area contributed by atoms with Crippen molar-refractivity contribution in [2.45, 2.75) is 43.8 Å². The van der Waals surface area contributed by atoms with Gasteiger partial charge in [-0.05, 0) is 49.6 Å². The number of aromatic amines is 2. The number of rotatable bonds is 4. The van der Waals surface area contributed by atoms with E-state index >= 15 is 0 Å². The van der Waals surface area contributed by atoms with Gasteiger partial charge in [0.1, 0.15) is 11.5 Å². The number of imidazole rings is 1. The summed E-state index contributed by atoms with van der Waals surface area (Å²) in [7, 11) is 0. The molecule has 12 heteroatoms. The minimum absolute atomic E-state index is 0.118. The number of halogens is 3. The zero-order valence-corrected chi connectivity index (χ0v) is 18.9. The average Bonchev–Trinajstić information content (AvgIpc) is 3.52. The Bertz CT molecular complexity index is 1300. The SMILES string of the molecule is O=C(NC1CCCC(c2nc3ccccc3[nH]2)C1)c1cc(-c2ccncc2)n[nH]1.O=C(O)C(F)(F)F. The van der Waals surface area contributed by atoms with Crippen molar-refractivity contribution in [3.05, 3.63) is 66.4 Å². The van der Waals surface area contributed by atoms with Crippen LogP contribution in [0.15, 0.2) is 54.9 Å². The van der Waals surface area contributed by atoms with E-state index < -0.39 is 12.1 Å². The van der Waals surface area contributed by atoms with E-state index in [4.69, 9.17) is 14.9 Å². The van der Waals surface area contributed by atoms with Crippen molar-refractivity contribution < 1.29 is 27.9 Å². The van der Waals surface area contributed by atoms with E-state index in [9.17, 15) is 18.0 Å². The maximum Gasteiger partial charge on any atom is 0.490 e. The molecule has 36 heavy (non-hydrogen) atoms. The molecule has 0 radical (unpaired) electrons. The fraction of sp³-hybridized carbons (Fsp3) is 0.292. The van der Waals surface area contributed by atoms with Crippen LogP contribution in [0.4, 0.5) is 13.2 Å². The highest BCUT2D eigenvalue weighted by Crippen LogP contribution is 2.32. The fourth-order valence-electron chi connectivity index (χ4n) is 4.11. The number of para-hydroxylation sites is 2. The molecule has 3 heterocycles. The average molecular weight is 500 g/mol. The lowest BCUT2D eigenvalue weighted by molar-refractivity contribution is -0.192. The summed E-state index contributed by atoms with van der Waals surface area (Å²) in [5, 5.41) is 17.4. The van der Waals surface area contributed by atoms with Gasteiger partial charge in [0.25, 0.3) is 5.91 Å². The molecule has 1 fully saturated rings. The number of fused-ring (bicyclic) bond motifs is 1. The number of pyridine rings is 1. The summed E-state index contributed by atoms with van der Waals surface area (Å²) in [5.74, 6) is -1.53. The third-order valence-electron chi connectivity index (χ3n) is 5.84. The van der Waals surface area contributed by atoms with Gasteiger partial charge in [-0.1, -0.05) is 18.6 Å². The zero-order valence-electron chi connectivity index (χ0n) is 18.9. The summed E-state index contributed by atoms with van der Waals surface area (Å²) in [6, 6.07) is 13.7. The number of benzene rings is 1. The fourth-order valence-corrected chi connectivity index (χ4v) is 4.11. The largest absolute Gasteiger partial charge is 0.490 e. The molecule has 9 nitrogen and oxygen atoms in total. The summed E-state index contributed by atoms with van der Waals surface area (Å²) in [4.78, 5) is 33.8. The number of nitrogens with one attached hydrogen (secondary N) is 3. The van der Waals surface area contributed by atoms with Crippen molar-refractivity contribution in [2.24, 2.45) is 0 Å². The van der Waals surface area contributed by atoms with Crippen LogP contribution in [0, 0.1) is 0 Å². The molecular weight excluding hydrogens is 477 g/mol. The van der Waals surface area contributed by atoms with Gasteiger partial charge in [-0.3, -0.25) is 14.9 Å². The number of aromatic nitrogens is 5. The molecule has 5 rings (SSSR count). The second kappa shape index (κ2) is 10.6. The predicted molar refractivity (Wildman–Crippen MR) is 124 cm³/mol. The highest BCUT2D eigenvalue weighted by Gasteiger charge is 2.38. The van der Waals surface area contributed by atoms with Crippen LogP contribution in [-0.4, -0.2) is 54.4 Å². The van der Waals surface area contributed by atoms with Gasteiger partial charge in [0, 0.05) is 29.9 Å². The van der Waals surface area contributed by atoms with Crippen molar-refractivity contribution in [1.29, 1.82) is 0 Å². The number of carbonyl (C=O) groups is 2. The lowest BCUT2D eigenvalue weighted by Crippen LogP contribution is -2.38. The molecule has 1 saturated carbocycles. The minimum Gasteiger partial charge on any atom is -0.475 e. The molecule has 0 spiro atoms. The van der Waals surface area contributed by atoms with Gasteiger partial charge in [-0.25, -0.2) is 9.78 Å². The van der Waals surface area contributed by atoms with E-state index in [0.29, 0.717) is 11.6 Å². The molecule has 1 aromatic carbocycles. The van der Waals surface area contributed by atoms with Gasteiger partial charge in [-0.2, -0.15) is 18.3 Å². The van der Waals surface area contributed by atoms with Crippen LogP contribution in [0.2, 0.25) is 0 Å². The smallest absolute Gasteiger partial charge is 0.475 e. The van der Waals surface area contributed by atoms with Crippen LogP contribution in [0.1, 0.15) is 47.9 Å². The van der Waals surface area contributed by atoms with E-state index in [1.54, 1.807) is 18.5 Å². The second-order valence-corrected chi connectivity index (χ2v) is 8.38. The molecule has 0 aliphatic heterocycles. The van der Waals surface area contributed by atoms with Crippen molar-refractivity contribution in [1.82, 2.24) is 30.5 Å². The Balaban J connectivity index is 0.000000384. The summed E-state index contributed by atoms with van der Waals surface area (Å²) in [6.07, 6.45) is 2.36.